The predicted octanol–water partition coefficient (Wildman–Crippen LogP) is 3.75. The van der Waals surface area contributed by atoms with Gasteiger partial charge in [-0.25, -0.2) is 4.79 Å². The summed E-state index contributed by atoms with van der Waals surface area (Å²) in [5, 5.41) is 15.5. The molecule has 56 heavy (non-hydrogen) atoms. The Balaban J connectivity index is 2.29. The highest BCUT2D eigenvalue weighted by atomic mass is 16.5. The number of aliphatic carboxylic acids is 1. The number of rotatable bonds is 22. The number of nitrogens with zero attached hydrogens (tertiary/aromatic N) is 3. The average molecular weight is 788 g/mol. The topological polar surface area (TPSA) is 175 Å². The fraction of sp³-hybridized carbons (Fsp3) is 0.714. The Bertz CT molecular complexity index is 1460. The zero-order valence-corrected chi connectivity index (χ0v) is 35.7. The van der Waals surface area contributed by atoms with E-state index < -0.39 is 66.1 Å². The maximum absolute atomic E-state index is 14.3. The predicted molar refractivity (Wildman–Crippen MR) is 214 cm³/mol. The third-order valence-electron chi connectivity index (χ3n) is 11.4. The SMILES string of the molecule is CCC(=O)N(C)[C@H](C(=O)N[C@H](C(=O)N(C)[C@@H]([C@@H](C)CC)[C@@H](CC(=O)N1CCC[C@H]1[C@H](OC)[C@@H](C)C(=O)N[C@@H](Cc1ccccc1)C(=O)O)OC)C(C)C)C(C)C. The molecule has 1 fully saturated rings. The maximum atomic E-state index is 14.3. The van der Waals surface area contributed by atoms with Crippen LogP contribution in [-0.2, 0) is 44.7 Å². The van der Waals surface area contributed by atoms with Crippen molar-refractivity contribution < 1.29 is 43.3 Å². The van der Waals surface area contributed by atoms with Crippen molar-refractivity contribution in [2.24, 2.45) is 23.7 Å². The van der Waals surface area contributed by atoms with Crippen molar-refractivity contribution in [3.8, 4) is 0 Å². The molecular weight excluding hydrogens is 718 g/mol. The molecule has 0 saturated carbocycles. The van der Waals surface area contributed by atoms with E-state index in [0.29, 0.717) is 25.8 Å². The second-order valence-electron chi connectivity index (χ2n) is 16.0. The van der Waals surface area contributed by atoms with E-state index in [1.165, 1.54) is 19.1 Å². The molecule has 0 radical (unpaired) electrons. The Labute approximate surface area is 334 Å². The van der Waals surface area contributed by atoms with Gasteiger partial charge in [0, 0.05) is 47.7 Å². The van der Waals surface area contributed by atoms with Crippen molar-refractivity contribution in [2.75, 3.05) is 34.9 Å². The van der Waals surface area contributed by atoms with E-state index in [2.05, 4.69) is 10.6 Å². The van der Waals surface area contributed by atoms with Crippen molar-refractivity contribution in [3.63, 3.8) is 0 Å². The fourth-order valence-corrected chi connectivity index (χ4v) is 7.96. The molecule has 9 atom stereocenters. The van der Waals surface area contributed by atoms with Gasteiger partial charge in [-0.05, 0) is 36.2 Å². The van der Waals surface area contributed by atoms with E-state index in [0.717, 1.165) is 5.56 Å². The molecule has 0 aromatic heterocycles. The Morgan fingerprint density at radius 2 is 1.50 bits per heavy atom. The first-order valence-electron chi connectivity index (χ1n) is 20.1. The quantitative estimate of drug-likeness (QED) is 0.158. The van der Waals surface area contributed by atoms with Crippen molar-refractivity contribution in [1.82, 2.24) is 25.3 Å². The molecule has 316 valence electrons. The van der Waals surface area contributed by atoms with E-state index in [1.807, 2.05) is 59.7 Å². The second kappa shape index (κ2) is 22.6. The van der Waals surface area contributed by atoms with Crippen molar-refractivity contribution in [3.05, 3.63) is 35.9 Å². The minimum Gasteiger partial charge on any atom is -0.480 e. The Morgan fingerprint density at radius 1 is 0.875 bits per heavy atom. The first-order valence-corrected chi connectivity index (χ1v) is 20.1. The number of methoxy groups -OCH3 is 2. The maximum Gasteiger partial charge on any atom is 0.326 e. The highest BCUT2D eigenvalue weighted by Crippen LogP contribution is 2.30. The number of carbonyl (C=O) groups is 6. The largest absolute Gasteiger partial charge is 0.480 e. The number of hydrogen-bond acceptors (Lipinski definition) is 8. The average Bonchev–Trinajstić information content (AvgIpc) is 3.65. The molecule has 5 amide bonds. The highest BCUT2D eigenvalue weighted by Gasteiger charge is 2.43. The summed E-state index contributed by atoms with van der Waals surface area (Å²) in [6.07, 6.45) is 0.861. The zero-order chi connectivity index (χ0) is 42.4. The Hall–Kier alpha value is -4.04. The zero-order valence-electron chi connectivity index (χ0n) is 35.7. The van der Waals surface area contributed by atoms with E-state index in [4.69, 9.17) is 9.47 Å². The van der Waals surface area contributed by atoms with Crippen LogP contribution < -0.4 is 10.6 Å². The number of carboxylic acid groups (broad SMARTS) is 1. The highest BCUT2D eigenvalue weighted by molar-refractivity contribution is 5.92. The minimum absolute atomic E-state index is 0.0488. The summed E-state index contributed by atoms with van der Waals surface area (Å²) in [6, 6.07) is 5.28. The van der Waals surface area contributed by atoms with E-state index in [-0.39, 0.29) is 54.7 Å². The molecule has 1 aromatic rings. The summed E-state index contributed by atoms with van der Waals surface area (Å²) in [4.78, 5) is 85.1. The number of ether oxygens (including phenoxy) is 2. The molecule has 14 heteroatoms. The van der Waals surface area contributed by atoms with Crippen LogP contribution in [-0.4, -0.2) is 133 Å². The summed E-state index contributed by atoms with van der Waals surface area (Å²) in [5.41, 5.74) is 0.775. The first kappa shape index (κ1) is 48.1. The third-order valence-corrected chi connectivity index (χ3v) is 11.4. The summed E-state index contributed by atoms with van der Waals surface area (Å²) in [5.74, 6) is -4.10. The van der Waals surface area contributed by atoms with Crippen LogP contribution in [0.25, 0.3) is 0 Å². The number of amides is 5. The Morgan fingerprint density at radius 3 is 2.00 bits per heavy atom. The molecule has 0 aliphatic carbocycles. The van der Waals surface area contributed by atoms with Crippen LogP contribution in [0.5, 0.6) is 0 Å². The van der Waals surface area contributed by atoms with Gasteiger partial charge in [0.1, 0.15) is 18.1 Å². The molecule has 1 saturated heterocycles. The molecule has 1 aliphatic rings. The Kier molecular flexibility index (Phi) is 19.4. The van der Waals surface area contributed by atoms with Gasteiger partial charge in [-0.15, -0.1) is 0 Å². The van der Waals surface area contributed by atoms with E-state index in [1.54, 1.807) is 49.9 Å². The van der Waals surface area contributed by atoms with Crippen LogP contribution in [0, 0.1) is 23.7 Å². The van der Waals surface area contributed by atoms with Crippen LogP contribution in [0.1, 0.15) is 93.1 Å². The molecule has 0 unspecified atom stereocenters. The summed E-state index contributed by atoms with van der Waals surface area (Å²) in [6.45, 7) is 15.3. The van der Waals surface area contributed by atoms with Gasteiger partial charge in [0.25, 0.3) is 0 Å². The molecule has 1 aliphatic heterocycles. The molecule has 14 nitrogen and oxygen atoms in total. The fourth-order valence-electron chi connectivity index (χ4n) is 7.96. The minimum atomic E-state index is -1.15. The van der Waals surface area contributed by atoms with E-state index in [9.17, 15) is 33.9 Å². The van der Waals surface area contributed by atoms with Gasteiger partial charge in [0.15, 0.2) is 0 Å². The van der Waals surface area contributed by atoms with Gasteiger partial charge < -0.3 is 39.9 Å². The van der Waals surface area contributed by atoms with Gasteiger partial charge in [0.2, 0.25) is 29.5 Å². The van der Waals surface area contributed by atoms with Crippen molar-refractivity contribution in [1.29, 1.82) is 0 Å². The lowest BCUT2D eigenvalue weighted by molar-refractivity contribution is -0.149. The van der Waals surface area contributed by atoms with Crippen molar-refractivity contribution >= 4 is 35.5 Å². The molecule has 2 rings (SSSR count). The smallest absolute Gasteiger partial charge is 0.326 e. The van der Waals surface area contributed by atoms with Crippen LogP contribution in [0.4, 0.5) is 0 Å². The molecule has 0 bridgehead atoms. The molecule has 1 heterocycles. The summed E-state index contributed by atoms with van der Waals surface area (Å²) < 4.78 is 11.9. The van der Waals surface area contributed by atoms with Gasteiger partial charge >= 0.3 is 5.97 Å². The van der Waals surface area contributed by atoms with Crippen LogP contribution in [0.15, 0.2) is 30.3 Å². The lowest BCUT2D eigenvalue weighted by Crippen LogP contribution is -2.60. The number of nitrogens with one attached hydrogen (secondary N) is 2. The van der Waals surface area contributed by atoms with Gasteiger partial charge in [-0.2, -0.15) is 0 Å². The lowest BCUT2D eigenvalue weighted by Gasteiger charge is -2.41. The van der Waals surface area contributed by atoms with Gasteiger partial charge in [-0.3, -0.25) is 24.0 Å². The number of benzene rings is 1. The van der Waals surface area contributed by atoms with Gasteiger partial charge in [-0.1, -0.05) is 92.1 Å². The first-order chi connectivity index (χ1) is 26.4. The van der Waals surface area contributed by atoms with E-state index >= 15 is 0 Å². The molecular formula is C42H69N5O9. The monoisotopic (exact) mass is 788 g/mol. The molecule has 0 spiro atoms. The van der Waals surface area contributed by atoms with Crippen LogP contribution >= 0.6 is 0 Å². The summed E-state index contributed by atoms with van der Waals surface area (Å²) >= 11 is 0. The normalized spacial score (nSPS) is 18.6. The number of likely N-dealkylation sites (N-methyl/N-ethyl adjacent to an activating group) is 2. The molecule has 3 N–H and O–H groups in total. The molecule has 1 aromatic carbocycles. The summed E-state index contributed by atoms with van der Waals surface area (Å²) in [7, 11) is 6.27. The van der Waals surface area contributed by atoms with Gasteiger partial charge in [0.05, 0.1) is 36.6 Å². The third kappa shape index (κ3) is 12.5. The number of carbonyl (C=O) groups excluding carboxylic acids is 5. The van der Waals surface area contributed by atoms with Crippen LogP contribution in [0.2, 0.25) is 0 Å². The number of likely N-dealkylation sites (tertiary alicyclic amines) is 1. The van der Waals surface area contributed by atoms with Crippen LogP contribution in [0.3, 0.4) is 0 Å². The van der Waals surface area contributed by atoms with Crippen molar-refractivity contribution in [2.45, 2.75) is 136 Å². The standard InChI is InChI=1S/C42H69N5O9/c1-13-27(7)37(46(10)41(52)35(25(3)4)44-40(51)36(26(5)6)45(9)33(48)14-2)32(55-11)24-34(49)47-22-18-21-31(47)38(56-12)28(8)39(50)43-30(42(53)54)23-29-19-16-15-17-20-29/h15-17,19-20,25-28,30-32,35-38H,13-14,18,21-24H2,1-12H3,(H,43,50)(H,44,51)(H,53,54)/t27-,28+,30-,31-,32+,35-,36-,37-,38+/m0/s1. The second-order valence-corrected chi connectivity index (χ2v) is 16.0. The number of carboxylic acids is 1. The number of hydrogen-bond donors (Lipinski definition) is 3. The lowest BCUT2D eigenvalue weighted by atomic mass is 9.89.